The Kier molecular flexibility index (Phi) is 4.57. The molecule has 1 heterocycles. The number of hydrogen-bond acceptors (Lipinski definition) is 3. The second-order valence-corrected chi connectivity index (χ2v) is 4.29. The highest BCUT2D eigenvalue weighted by Gasteiger charge is 2.11. The number of hydrogen-bond donors (Lipinski definition) is 1. The van der Waals surface area contributed by atoms with Gasteiger partial charge in [0.2, 0.25) is 0 Å². The summed E-state index contributed by atoms with van der Waals surface area (Å²) in [5, 5.41) is 2.25. The average molecular weight is 229 g/mol. The number of piperazine rings is 1. The third kappa shape index (κ3) is 4.20. The van der Waals surface area contributed by atoms with Gasteiger partial charge in [-0.15, -0.1) is 0 Å². The molecule has 1 saturated heterocycles. The molecule has 0 unspecified atom stereocenters. The van der Waals surface area contributed by atoms with E-state index >= 15 is 0 Å². The van der Waals surface area contributed by atoms with Crippen LogP contribution in [-0.2, 0) is 0 Å². The SMILES string of the molecule is CN1CCN(NCC#Cc2ccccc2)CC1. The van der Waals surface area contributed by atoms with Crippen LogP contribution in [0.3, 0.4) is 0 Å². The van der Waals surface area contributed by atoms with Crippen LogP contribution in [0.2, 0.25) is 0 Å². The molecular weight excluding hydrogens is 210 g/mol. The topological polar surface area (TPSA) is 18.5 Å². The molecule has 1 aromatic carbocycles. The zero-order chi connectivity index (χ0) is 11.9. The van der Waals surface area contributed by atoms with Crippen molar-refractivity contribution < 1.29 is 0 Å². The Morgan fingerprint density at radius 3 is 2.53 bits per heavy atom. The molecule has 0 saturated carbocycles. The van der Waals surface area contributed by atoms with E-state index in [9.17, 15) is 0 Å². The third-order valence-corrected chi connectivity index (χ3v) is 2.90. The monoisotopic (exact) mass is 229 g/mol. The third-order valence-electron chi connectivity index (χ3n) is 2.90. The van der Waals surface area contributed by atoms with E-state index in [2.05, 4.69) is 34.2 Å². The summed E-state index contributed by atoms with van der Waals surface area (Å²) in [7, 11) is 2.16. The van der Waals surface area contributed by atoms with Crippen LogP contribution in [0.25, 0.3) is 0 Å². The van der Waals surface area contributed by atoms with Gasteiger partial charge in [-0.25, -0.2) is 10.4 Å². The van der Waals surface area contributed by atoms with Gasteiger partial charge in [0.05, 0.1) is 6.54 Å². The molecule has 1 N–H and O–H groups in total. The molecule has 0 atom stereocenters. The first-order valence-corrected chi connectivity index (χ1v) is 6.05. The van der Waals surface area contributed by atoms with E-state index < -0.39 is 0 Å². The number of benzene rings is 1. The molecule has 3 nitrogen and oxygen atoms in total. The van der Waals surface area contributed by atoms with Gasteiger partial charge in [-0.1, -0.05) is 30.0 Å². The fraction of sp³-hybridized carbons (Fsp3) is 0.429. The minimum atomic E-state index is 0.721. The maximum absolute atomic E-state index is 3.35. The fourth-order valence-electron chi connectivity index (χ4n) is 1.78. The fourth-order valence-corrected chi connectivity index (χ4v) is 1.78. The lowest BCUT2D eigenvalue weighted by Gasteiger charge is -2.32. The predicted octanol–water partition coefficient (Wildman–Crippen LogP) is 0.790. The normalized spacial score (nSPS) is 17.5. The molecule has 17 heavy (non-hydrogen) atoms. The van der Waals surface area contributed by atoms with E-state index in [1.807, 2.05) is 30.3 Å². The van der Waals surface area contributed by atoms with E-state index in [1.165, 1.54) is 0 Å². The van der Waals surface area contributed by atoms with Gasteiger partial charge in [-0.3, -0.25) is 0 Å². The molecule has 0 aromatic heterocycles. The van der Waals surface area contributed by atoms with Crippen molar-refractivity contribution in [1.82, 2.24) is 15.3 Å². The van der Waals surface area contributed by atoms with Gasteiger partial charge >= 0.3 is 0 Å². The number of nitrogens with zero attached hydrogens (tertiary/aromatic N) is 2. The van der Waals surface area contributed by atoms with Crippen LogP contribution < -0.4 is 5.43 Å². The number of likely N-dealkylation sites (N-methyl/N-ethyl adjacent to an activating group) is 1. The van der Waals surface area contributed by atoms with Crippen LogP contribution in [-0.4, -0.2) is 49.7 Å². The summed E-state index contributed by atoms with van der Waals surface area (Å²) in [6.45, 7) is 5.11. The molecule has 3 heteroatoms. The highest BCUT2D eigenvalue weighted by molar-refractivity contribution is 5.33. The minimum absolute atomic E-state index is 0.721. The van der Waals surface area contributed by atoms with Crippen LogP contribution >= 0.6 is 0 Å². The van der Waals surface area contributed by atoms with E-state index in [1.54, 1.807) is 0 Å². The molecule has 2 rings (SSSR count). The first kappa shape index (κ1) is 12.1. The first-order valence-electron chi connectivity index (χ1n) is 6.05. The van der Waals surface area contributed by atoms with Crippen LogP contribution in [0.15, 0.2) is 30.3 Å². The smallest absolute Gasteiger partial charge is 0.0718 e. The summed E-state index contributed by atoms with van der Waals surface area (Å²) in [6, 6.07) is 10.1. The zero-order valence-electron chi connectivity index (χ0n) is 10.3. The molecular formula is C14H19N3. The summed E-state index contributed by atoms with van der Waals surface area (Å²) >= 11 is 0. The Labute approximate surface area is 103 Å². The highest BCUT2D eigenvalue weighted by Crippen LogP contribution is 1.95. The Hall–Kier alpha value is -1.34. The molecule has 0 amide bonds. The van der Waals surface area contributed by atoms with Gasteiger partial charge in [0.15, 0.2) is 0 Å². The summed E-state index contributed by atoms with van der Waals surface area (Å²) in [4.78, 5) is 2.34. The average Bonchev–Trinajstić information content (AvgIpc) is 2.38. The minimum Gasteiger partial charge on any atom is -0.304 e. The molecule has 90 valence electrons. The van der Waals surface area contributed by atoms with Gasteiger partial charge in [-0.05, 0) is 19.2 Å². The number of nitrogens with one attached hydrogen (secondary N) is 1. The molecule has 0 spiro atoms. The van der Waals surface area contributed by atoms with Gasteiger partial charge in [-0.2, -0.15) is 0 Å². The van der Waals surface area contributed by atoms with Gasteiger partial charge in [0, 0.05) is 31.7 Å². The van der Waals surface area contributed by atoms with Crippen molar-refractivity contribution in [3.63, 3.8) is 0 Å². The largest absolute Gasteiger partial charge is 0.304 e. The Morgan fingerprint density at radius 1 is 1.12 bits per heavy atom. The van der Waals surface area contributed by atoms with Crippen molar-refractivity contribution in [3.8, 4) is 11.8 Å². The standard InChI is InChI=1S/C14H19N3/c1-16-10-12-17(13-11-16)15-9-5-8-14-6-3-2-4-7-14/h2-4,6-7,15H,9-13H2,1H3. The molecule has 1 fully saturated rings. The lowest BCUT2D eigenvalue weighted by molar-refractivity contribution is 0.110. The van der Waals surface area contributed by atoms with Gasteiger partial charge in [0.1, 0.15) is 0 Å². The Bertz CT molecular complexity index is 383. The molecule has 1 aromatic rings. The van der Waals surface area contributed by atoms with Crippen LogP contribution in [0.1, 0.15) is 5.56 Å². The molecule has 0 radical (unpaired) electrons. The van der Waals surface area contributed by atoms with E-state index in [0.717, 1.165) is 38.3 Å². The molecule has 0 aliphatic carbocycles. The summed E-state index contributed by atoms with van der Waals surface area (Å²) < 4.78 is 0. The second-order valence-electron chi connectivity index (χ2n) is 4.29. The van der Waals surface area contributed by atoms with E-state index in [0.29, 0.717) is 0 Å². The van der Waals surface area contributed by atoms with Crippen LogP contribution in [0.4, 0.5) is 0 Å². The zero-order valence-corrected chi connectivity index (χ0v) is 10.3. The maximum Gasteiger partial charge on any atom is 0.0718 e. The van der Waals surface area contributed by atoms with Crippen LogP contribution in [0.5, 0.6) is 0 Å². The second kappa shape index (κ2) is 6.41. The van der Waals surface area contributed by atoms with Gasteiger partial charge in [0.25, 0.3) is 0 Å². The molecule has 0 bridgehead atoms. The van der Waals surface area contributed by atoms with Crippen molar-refractivity contribution in [1.29, 1.82) is 0 Å². The van der Waals surface area contributed by atoms with E-state index in [-0.39, 0.29) is 0 Å². The Morgan fingerprint density at radius 2 is 1.82 bits per heavy atom. The van der Waals surface area contributed by atoms with Crippen molar-refractivity contribution in [3.05, 3.63) is 35.9 Å². The Balaban J connectivity index is 1.71. The highest BCUT2D eigenvalue weighted by atomic mass is 15.5. The van der Waals surface area contributed by atoms with Crippen molar-refractivity contribution >= 4 is 0 Å². The lowest BCUT2D eigenvalue weighted by atomic mass is 10.2. The summed E-state index contributed by atoms with van der Waals surface area (Å²) in [5.41, 5.74) is 4.42. The van der Waals surface area contributed by atoms with Crippen molar-refractivity contribution in [2.24, 2.45) is 0 Å². The van der Waals surface area contributed by atoms with Crippen LogP contribution in [0, 0.1) is 11.8 Å². The summed E-state index contributed by atoms with van der Waals surface area (Å²) in [6.07, 6.45) is 0. The predicted molar refractivity (Wildman–Crippen MR) is 70.4 cm³/mol. The molecule has 1 aliphatic rings. The summed E-state index contributed by atoms with van der Waals surface area (Å²) in [5.74, 6) is 6.29. The quantitative estimate of drug-likeness (QED) is 0.757. The number of hydrazine groups is 1. The van der Waals surface area contributed by atoms with E-state index in [4.69, 9.17) is 0 Å². The first-order chi connectivity index (χ1) is 8.34. The molecule has 1 aliphatic heterocycles. The lowest BCUT2D eigenvalue weighted by Crippen LogP contribution is -2.50. The maximum atomic E-state index is 3.35. The van der Waals surface area contributed by atoms with Crippen molar-refractivity contribution in [2.45, 2.75) is 0 Å². The van der Waals surface area contributed by atoms with Crippen molar-refractivity contribution in [2.75, 3.05) is 39.8 Å². The number of rotatable bonds is 2. The van der Waals surface area contributed by atoms with Gasteiger partial charge < -0.3 is 4.90 Å².